The minimum Gasteiger partial charge on any atom is -0.491 e. The molecular formula is C16H15N3O2. The number of ether oxygens (including phenoxy) is 1. The molecule has 1 amide bonds. The highest BCUT2D eigenvalue weighted by atomic mass is 16.5. The molecule has 0 aliphatic carbocycles. The van der Waals surface area contributed by atoms with Crippen LogP contribution in [0.25, 0.3) is 22.1 Å². The van der Waals surface area contributed by atoms with Crippen LogP contribution in [0.2, 0.25) is 0 Å². The Hall–Kier alpha value is -2.69. The lowest BCUT2D eigenvalue weighted by molar-refractivity contribution is -0.118. The van der Waals surface area contributed by atoms with E-state index in [9.17, 15) is 4.79 Å². The number of hydrogen-bond donors (Lipinski definition) is 1. The average molecular weight is 281 g/mol. The molecule has 0 radical (unpaired) electrons. The zero-order valence-corrected chi connectivity index (χ0v) is 11.5. The Morgan fingerprint density at radius 3 is 2.48 bits per heavy atom. The van der Waals surface area contributed by atoms with Crippen molar-refractivity contribution in [1.29, 1.82) is 0 Å². The van der Waals surface area contributed by atoms with Crippen molar-refractivity contribution in [3.8, 4) is 5.75 Å². The number of primary amides is 1. The molecule has 2 aromatic carbocycles. The van der Waals surface area contributed by atoms with Gasteiger partial charge < -0.3 is 10.5 Å². The fourth-order valence-electron chi connectivity index (χ4n) is 2.16. The molecule has 5 nitrogen and oxygen atoms in total. The first kappa shape index (κ1) is 13.3. The number of hydrogen-bond acceptors (Lipinski definition) is 4. The van der Waals surface area contributed by atoms with Gasteiger partial charge in [-0.15, -0.1) is 0 Å². The minimum atomic E-state index is -0.317. The number of nitrogens with zero attached hydrogens (tertiary/aromatic N) is 2. The zero-order valence-electron chi connectivity index (χ0n) is 11.5. The van der Waals surface area contributed by atoms with E-state index in [1.807, 2.05) is 42.5 Å². The molecule has 0 aliphatic rings. The first-order valence-corrected chi connectivity index (χ1v) is 6.80. The number of carbonyl (C=O) groups is 1. The molecular weight excluding hydrogens is 266 g/mol. The van der Waals surface area contributed by atoms with Gasteiger partial charge in [-0.2, -0.15) is 0 Å². The largest absolute Gasteiger partial charge is 0.491 e. The summed E-state index contributed by atoms with van der Waals surface area (Å²) in [6, 6.07) is 13.4. The molecule has 2 N–H and O–H groups in total. The van der Waals surface area contributed by atoms with Crippen molar-refractivity contribution in [3.63, 3.8) is 0 Å². The lowest BCUT2D eigenvalue weighted by atomic mass is 10.2. The Kier molecular flexibility index (Phi) is 3.64. The highest BCUT2D eigenvalue weighted by Gasteiger charge is 2.07. The fraction of sp³-hybridized carbons (Fsp3) is 0.188. The summed E-state index contributed by atoms with van der Waals surface area (Å²) >= 11 is 0. The van der Waals surface area contributed by atoms with Crippen molar-refractivity contribution in [1.82, 2.24) is 9.97 Å². The van der Waals surface area contributed by atoms with E-state index in [0.29, 0.717) is 25.2 Å². The SMILES string of the molecule is NC(=O)CCCOc1cccc2nc3ccccc3nc12. The molecule has 21 heavy (non-hydrogen) atoms. The summed E-state index contributed by atoms with van der Waals surface area (Å²) in [7, 11) is 0. The molecule has 0 bridgehead atoms. The van der Waals surface area contributed by atoms with Crippen LogP contribution >= 0.6 is 0 Å². The third kappa shape index (κ3) is 2.91. The molecule has 3 aromatic rings. The van der Waals surface area contributed by atoms with E-state index in [2.05, 4.69) is 9.97 Å². The predicted molar refractivity (Wildman–Crippen MR) is 81.0 cm³/mol. The first-order valence-electron chi connectivity index (χ1n) is 6.80. The third-order valence-corrected chi connectivity index (χ3v) is 3.16. The Morgan fingerprint density at radius 1 is 1.00 bits per heavy atom. The second-order valence-electron chi connectivity index (χ2n) is 4.75. The van der Waals surface area contributed by atoms with Crippen molar-refractivity contribution in [2.24, 2.45) is 5.73 Å². The smallest absolute Gasteiger partial charge is 0.217 e. The summed E-state index contributed by atoms with van der Waals surface area (Å²) in [6.45, 7) is 0.427. The van der Waals surface area contributed by atoms with E-state index >= 15 is 0 Å². The molecule has 0 atom stereocenters. The van der Waals surface area contributed by atoms with E-state index in [-0.39, 0.29) is 5.91 Å². The maximum atomic E-state index is 10.7. The van der Waals surface area contributed by atoms with Gasteiger partial charge >= 0.3 is 0 Å². The molecule has 3 rings (SSSR count). The van der Waals surface area contributed by atoms with Crippen LogP contribution < -0.4 is 10.5 Å². The number of para-hydroxylation sites is 3. The topological polar surface area (TPSA) is 78.1 Å². The van der Waals surface area contributed by atoms with Crippen LogP contribution in [-0.2, 0) is 4.79 Å². The van der Waals surface area contributed by atoms with Crippen LogP contribution in [-0.4, -0.2) is 22.5 Å². The number of benzene rings is 2. The Labute approximate surface area is 121 Å². The molecule has 0 spiro atoms. The third-order valence-electron chi connectivity index (χ3n) is 3.16. The molecule has 0 fully saturated rings. The molecule has 5 heteroatoms. The first-order chi connectivity index (χ1) is 10.2. The van der Waals surface area contributed by atoms with Gasteiger partial charge in [0.1, 0.15) is 11.3 Å². The number of fused-ring (bicyclic) bond motifs is 2. The molecule has 0 aliphatic heterocycles. The van der Waals surface area contributed by atoms with Gasteiger partial charge in [-0.3, -0.25) is 4.79 Å². The Bertz CT molecular complexity index is 802. The number of rotatable bonds is 5. The van der Waals surface area contributed by atoms with E-state index in [1.54, 1.807) is 0 Å². The van der Waals surface area contributed by atoms with Gasteiger partial charge in [0.15, 0.2) is 0 Å². The van der Waals surface area contributed by atoms with Crippen LogP contribution in [0.3, 0.4) is 0 Å². The molecule has 0 saturated carbocycles. The Morgan fingerprint density at radius 2 is 1.71 bits per heavy atom. The summed E-state index contributed by atoms with van der Waals surface area (Å²) in [6.07, 6.45) is 0.909. The number of aromatic nitrogens is 2. The maximum absolute atomic E-state index is 10.7. The highest BCUT2D eigenvalue weighted by Crippen LogP contribution is 2.24. The van der Waals surface area contributed by atoms with Crippen molar-refractivity contribution in [3.05, 3.63) is 42.5 Å². The van der Waals surface area contributed by atoms with Gasteiger partial charge in [0, 0.05) is 6.42 Å². The van der Waals surface area contributed by atoms with E-state index in [4.69, 9.17) is 10.5 Å². The van der Waals surface area contributed by atoms with Gasteiger partial charge in [-0.1, -0.05) is 18.2 Å². The summed E-state index contributed by atoms with van der Waals surface area (Å²) in [4.78, 5) is 19.9. The average Bonchev–Trinajstić information content (AvgIpc) is 2.49. The van der Waals surface area contributed by atoms with Crippen LogP contribution in [0.4, 0.5) is 0 Å². The second-order valence-corrected chi connectivity index (χ2v) is 4.75. The van der Waals surface area contributed by atoms with E-state index < -0.39 is 0 Å². The van der Waals surface area contributed by atoms with Gasteiger partial charge in [-0.25, -0.2) is 9.97 Å². The van der Waals surface area contributed by atoms with Gasteiger partial charge in [0.25, 0.3) is 0 Å². The number of carbonyl (C=O) groups excluding carboxylic acids is 1. The lowest BCUT2D eigenvalue weighted by Crippen LogP contribution is -2.11. The summed E-state index contributed by atoms with van der Waals surface area (Å²) < 4.78 is 5.71. The molecule has 106 valence electrons. The molecule has 1 aromatic heterocycles. The van der Waals surface area contributed by atoms with Crippen molar-refractivity contribution >= 4 is 28.0 Å². The van der Waals surface area contributed by atoms with E-state index in [0.717, 1.165) is 22.1 Å². The standard InChI is InChI=1S/C16H15N3O2/c17-15(20)9-4-10-21-14-8-3-7-13-16(14)19-12-6-2-1-5-11(12)18-13/h1-3,5-8H,4,9-10H2,(H2,17,20). The lowest BCUT2D eigenvalue weighted by Gasteiger charge is -2.08. The van der Waals surface area contributed by atoms with Gasteiger partial charge in [0.2, 0.25) is 5.91 Å². The second kappa shape index (κ2) is 5.75. The summed E-state index contributed by atoms with van der Waals surface area (Å²) in [5.41, 5.74) is 8.32. The highest BCUT2D eigenvalue weighted by molar-refractivity contribution is 5.89. The maximum Gasteiger partial charge on any atom is 0.217 e. The van der Waals surface area contributed by atoms with Crippen LogP contribution in [0.1, 0.15) is 12.8 Å². The van der Waals surface area contributed by atoms with Gasteiger partial charge in [-0.05, 0) is 30.7 Å². The van der Waals surface area contributed by atoms with Crippen molar-refractivity contribution < 1.29 is 9.53 Å². The molecule has 0 saturated heterocycles. The molecule has 1 heterocycles. The number of nitrogens with two attached hydrogens (primary N) is 1. The summed E-state index contributed by atoms with van der Waals surface area (Å²) in [5, 5.41) is 0. The monoisotopic (exact) mass is 281 g/mol. The molecule has 0 unspecified atom stereocenters. The van der Waals surface area contributed by atoms with Crippen LogP contribution in [0, 0.1) is 0 Å². The number of amides is 1. The fourth-order valence-corrected chi connectivity index (χ4v) is 2.16. The Balaban J connectivity index is 1.91. The van der Waals surface area contributed by atoms with Crippen molar-refractivity contribution in [2.45, 2.75) is 12.8 Å². The van der Waals surface area contributed by atoms with Crippen LogP contribution in [0.15, 0.2) is 42.5 Å². The minimum absolute atomic E-state index is 0.317. The van der Waals surface area contributed by atoms with Gasteiger partial charge in [0.05, 0.1) is 23.2 Å². The van der Waals surface area contributed by atoms with E-state index in [1.165, 1.54) is 0 Å². The predicted octanol–water partition coefficient (Wildman–Crippen LogP) is 2.43. The summed E-state index contributed by atoms with van der Waals surface area (Å²) in [5.74, 6) is 0.359. The van der Waals surface area contributed by atoms with Crippen molar-refractivity contribution in [2.75, 3.05) is 6.61 Å². The quantitative estimate of drug-likeness (QED) is 0.575. The zero-order chi connectivity index (χ0) is 14.7. The normalized spacial score (nSPS) is 10.9. The van der Waals surface area contributed by atoms with Crippen LogP contribution in [0.5, 0.6) is 5.75 Å².